The van der Waals surface area contributed by atoms with Crippen molar-refractivity contribution in [3.8, 4) is 0 Å². The summed E-state index contributed by atoms with van der Waals surface area (Å²) in [5.41, 5.74) is 0. The number of carboxylic acids is 1. The summed E-state index contributed by atoms with van der Waals surface area (Å²) in [5, 5.41) is 8.91. The molecule has 4 nitrogen and oxygen atoms in total. The van der Waals surface area contributed by atoms with Crippen LogP contribution in [-0.2, 0) is 9.59 Å². The van der Waals surface area contributed by atoms with E-state index in [1.165, 1.54) is 0 Å². The molecule has 0 aromatic carbocycles. The number of nitrogens with zero attached hydrogens (tertiary/aromatic N) is 1. The molecular weight excluding hydrogens is 218 g/mol. The van der Waals surface area contributed by atoms with Gasteiger partial charge >= 0.3 is 5.97 Å². The SMILES string of the molecule is CC1CCCC1C(=O)N1CCC(C(=O)O)CC1. The lowest BCUT2D eigenvalue weighted by Gasteiger charge is -2.33. The summed E-state index contributed by atoms with van der Waals surface area (Å²) >= 11 is 0. The van der Waals surface area contributed by atoms with Crippen LogP contribution < -0.4 is 0 Å². The van der Waals surface area contributed by atoms with Crippen LogP contribution in [0, 0.1) is 17.8 Å². The first kappa shape index (κ1) is 12.4. The molecule has 96 valence electrons. The van der Waals surface area contributed by atoms with E-state index in [2.05, 4.69) is 6.92 Å². The molecule has 2 fully saturated rings. The van der Waals surface area contributed by atoms with Crippen molar-refractivity contribution in [1.82, 2.24) is 4.90 Å². The summed E-state index contributed by atoms with van der Waals surface area (Å²) in [6, 6.07) is 0. The number of amides is 1. The average Bonchev–Trinajstić information content (AvgIpc) is 2.74. The Morgan fingerprint density at radius 3 is 2.24 bits per heavy atom. The molecule has 1 saturated heterocycles. The van der Waals surface area contributed by atoms with E-state index < -0.39 is 5.97 Å². The van der Waals surface area contributed by atoms with Gasteiger partial charge in [-0.15, -0.1) is 0 Å². The third-order valence-electron chi connectivity index (χ3n) is 4.33. The number of hydrogen-bond donors (Lipinski definition) is 1. The maximum Gasteiger partial charge on any atom is 0.306 e. The zero-order chi connectivity index (χ0) is 12.4. The highest BCUT2D eigenvalue weighted by atomic mass is 16.4. The molecule has 2 atom stereocenters. The first-order chi connectivity index (χ1) is 8.09. The fraction of sp³-hybridized carbons (Fsp3) is 0.846. The minimum atomic E-state index is -0.716. The second-order valence-corrected chi connectivity index (χ2v) is 5.45. The molecule has 1 heterocycles. The molecule has 1 aliphatic carbocycles. The van der Waals surface area contributed by atoms with Gasteiger partial charge in [0, 0.05) is 19.0 Å². The summed E-state index contributed by atoms with van der Waals surface area (Å²) in [6.45, 7) is 3.40. The molecule has 17 heavy (non-hydrogen) atoms. The minimum absolute atomic E-state index is 0.191. The van der Waals surface area contributed by atoms with Crippen molar-refractivity contribution in [2.45, 2.75) is 39.0 Å². The van der Waals surface area contributed by atoms with Crippen LogP contribution in [0.5, 0.6) is 0 Å². The van der Waals surface area contributed by atoms with Gasteiger partial charge in [-0.05, 0) is 31.6 Å². The van der Waals surface area contributed by atoms with Gasteiger partial charge in [0.2, 0.25) is 5.91 Å². The average molecular weight is 239 g/mol. The normalized spacial score (nSPS) is 30.5. The second kappa shape index (κ2) is 5.07. The van der Waals surface area contributed by atoms with Gasteiger partial charge in [-0.1, -0.05) is 13.3 Å². The summed E-state index contributed by atoms with van der Waals surface area (Å²) in [4.78, 5) is 25.0. The lowest BCUT2D eigenvalue weighted by Crippen LogP contribution is -2.43. The van der Waals surface area contributed by atoms with E-state index in [4.69, 9.17) is 5.11 Å². The molecule has 1 N–H and O–H groups in total. The molecule has 0 aromatic rings. The third kappa shape index (κ3) is 2.61. The molecule has 4 heteroatoms. The van der Waals surface area contributed by atoms with Gasteiger partial charge in [0.15, 0.2) is 0 Å². The fourth-order valence-corrected chi connectivity index (χ4v) is 3.09. The molecule has 0 radical (unpaired) electrons. The van der Waals surface area contributed by atoms with E-state index in [-0.39, 0.29) is 17.7 Å². The molecular formula is C13H21NO3. The van der Waals surface area contributed by atoms with E-state index in [0.29, 0.717) is 31.8 Å². The number of aliphatic carboxylic acids is 1. The molecule has 1 saturated carbocycles. The van der Waals surface area contributed by atoms with Crippen LogP contribution in [-0.4, -0.2) is 35.0 Å². The molecule has 2 aliphatic rings. The van der Waals surface area contributed by atoms with Crippen LogP contribution in [0.15, 0.2) is 0 Å². The first-order valence-electron chi connectivity index (χ1n) is 6.61. The van der Waals surface area contributed by atoms with E-state index >= 15 is 0 Å². The van der Waals surface area contributed by atoms with Crippen LogP contribution in [0.3, 0.4) is 0 Å². The van der Waals surface area contributed by atoms with E-state index in [9.17, 15) is 9.59 Å². The number of carbonyl (C=O) groups excluding carboxylic acids is 1. The van der Waals surface area contributed by atoms with E-state index in [0.717, 1.165) is 19.3 Å². The second-order valence-electron chi connectivity index (χ2n) is 5.45. The highest BCUT2D eigenvalue weighted by Crippen LogP contribution is 2.33. The molecule has 0 aromatic heterocycles. The zero-order valence-electron chi connectivity index (χ0n) is 10.4. The Hall–Kier alpha value is -1.06. The molecule has 1 amide bonds. The van der Waals surface area contributed by atoms with Crippen molar-refractivity contribution >= 4 is 11.9 Å². The number of carboxylic acid groups (broad SMARTS) is 1. The van der Waals surface area contributed by atoms with Crippen molar-refractivity contribution < 1.29 is 14.7 Å². The smallest absolute Gasteiger partial charge is 0.306 e. The van der Waals surface area contributed by atoms with Crippen molar-refractivity contribution in [3.05, 3.63) is 0 Å². The number of likely N-dealkylation sites (tertiary alicyclic amines) is 1. The number of hydrogen-bond acceptors (Lipinski definition) is 2. The number of carbonyl (C=O) groups is 2. The highest BCUT2D eigenvalue weighted by Gasteiger charge is 2.35. The van der Waals surface area contributed by atoms with Gasteiger partial charge in [0.1, 0.15) is 0 Å². The fourth-order valence-electron chi connectivity index (χ4n) is 3.09. The van der Waals surface area contributed by atoms with Gasteiger partial charge in [-0.25, -0.2) is 0 Å². The predicted molar refractivity (Wildman–Crippen MR) is 63.4 cm³/mol. The van der Waals surface area contributed by atoms with Crippen molar-refractivity contribution in [1.29, 1.82) is 0 Å². The molecule has 0 bridgehead atoms. The van der Waals surface area contributed by atoms with Crippen LogP contribution in [0.1, 0.15) is 39.0 Å². The van der Waals surface area contributed by atoms with Gasteiger partial charge in [-0.3, -0.25) is 9.59 Å². The van der Waals surface area contributed by atoms with Crippen molar-refractivity contribution in [3.63, 3.8) is 0 Å². The first-order valence-corrected chi connectivity index (χ1v) is 6.61. The topological polar surface area (TPSA) is 57.6 Å². The largest absolute Gasteiger partial charge is 0.481 e. The summed E-state index contributed by atoms with van der Waals surface area (Å²) in [5.74, 6) is -0.0127. The van der Waals surface area contributed by atoms with Crippen LogP contribution in [0.25, 0.3) is 0 Å². The molecule has 2 rings (SSSR count). The Bertz CT molecular complexity index is 308. The third-order valence-corrected chi connectivity index (χ3v) is 4.33. The Morgan fingerprint density at radius 2 is 1.76 bits per heavy atom. The zero-order valence-corrected chi connectivity index (χ0v) is 10.4. The summed E-state index contributed by atoms with van der Waals surface area (Å²) in [6.07, 6.45) is 4.55. The maximum atomic E-state index is 12.3. The lowest BCUT2D eigenvalue weighted by molar-refractivity contribution is -0.147. The minimum Gasteiger partial charge on any atom is -0.481 e. The highest BCUT2D eigenvalue weighted by molar-refractivity contribution is 5.80. The van der Waals surface area contributed by atoms with Gasteiger partial charge in [-0.2, -0.15) is 0 Å². The van der Waals surface area contributed by atoms with Crippen LogP contribution in [0.2, 0.25) is 0 Å². The van der Waals surface area contributed by atoms with Gasteiger partial charge < -0.3 is 10.0 Å². The Kier molecular flexibility index (Phi) is 3.69. The Balaban J connectivity index is 1.88. The monoisotopic (exact) mass is 239 g/mol. The Labute approximate surface area is 102 Å². The summed E-state index contributed by atoms with van der Waals surface area (Å²) < 4.78 is 0. The lowest BCUT2D eigenvalue weighted by atomic mass is 9.93. The maximum absolute atomic E-state index is 12.3. The summed E-state index contributed by atoms with van der Waals surface area (Å²) in [7, 11) is 0. The molecule has 0 spiro atoms. The quantitative estimate of drug-likeness (QED) is 0.798. The van der Waals surface area contributed by atoms with Crippen molar-refractivity contribution in [2.24, 2.45) is 17.8 Å². The molecule has 2 unspecified atom stereocenters. The van der Waals surface area contributed by atoms with Crippen LogP contribution in [0.4, 0.5) is 0 Å². The predicted octanol–water partition coefficient (Wildman–Crippen LogP) is 1.75. The van der Waals surface area contributed by atoms with E-state index in [1.807, 2.05) is 4.90 Å². The van der Waals surface area contributed by atoms with Crippen molar-refractivity contribution in [2.75, 3.05) is 13.1 Å². The number of piperidine rings is 1. The molecule has 1 aliphatic heterocycles. The van der Waals surface area contributed by atoms with Crippen LogP contribution >= 0.6 is 0 Å². The van der Waals surface area contributed by atoms with Gasteiger partial charge in [0.25, 0.3) is 0 Å². The van der Waals surface area contributed by atoms with Gasteiger partial charge in [0.05, 0.1) is 5.92 Å². The standard InChI is InChI=1S/C13H21NO3/c1-9-3-2-4-11(9)12(15)14-7-5-10(6-8-14)13(16)17/h9-11H,2-8H2,1H3,(H,16,17). The Morgan fingerprint density at radius 1 is 1.12 bits per heavy atom. The number of rotatable bonds is 2. The van der Waals surface area contributed by atoms with E-state index in [1.54, 1.807) is 0 Å².